The number of nitrogens with one attached hydrogen (secondary N) is 2. The predicted molar refractivity (Wildman–Crippen MR) is 107 cm³/mol. The molecule has 1 aromatic rings. The Morgan fingerprint density at radius 3 is 2.56 bits per heavy atom. The van der Waals surface area contributed by atoms with Crippen LogP contribution in [0.15, 0.2) is 29.3 Å². The maximum Gasteiger partial charge on any atom is 0.191 e. The first-order valence-electron chi connectivity index (χ1n) is 9.70. The van der Waals surface area contributed by atoms with E-state index in [0.29, 0.717) is 12.6 Å². The summed E-state index contributed by atoms with van der Waals surface area (Å²) in [5, 5.41) is 6.84. The van der Waals surface area contributed by atoms with E-state index in [1.807, 2.05) is 0 Å². The summed E-state index contributed by atoms with van der Waals surface area (Å²) in [5.74, 6) is 0.556. The van der Waals surface area contributed by atoms with Crippen molar-refractivity contribution in [1.82, 2.24) is 15.5 Å². The van der Waals surface area contributed by atoms with Crippen molar-refractivity contribution in [2.24, 2.45) is 4.99 Å². The molecule has 1 unspecified atom stereocenters. The summed E-state index contributed by atoms with van der Waals surface area (Å²) in [6.45, 7) is 7.23. The quantitative estimate of drug-likeness (QED) is 0.508. The van der Waals surface area contributed by atoms with Gasteiger partial charge in [-0.3, -0.25) is 4.99 Å². The van der Waals surface area contributed by atoms with Gasteiger partial charge in [-0.15, -0.1) is 0 Å². The van der Waals surface area contributed by atoms with E-state index in [2.05, 4.69) is 27.4 Å². The van der Waals surface area contributed by atoms with E-state index >= 15 is 0 Å². The third-order valence-corrected chi connectivity index (χ3v) is 4.83. The van der Waals surface area contributed by atoms with E-state index in [4.69, 9.17) is 9.47 Å². The molecule has 152 valence electrons. The minimum atomic E-state index is -0.246. The second kappa shape index (κ2) is 11.9. The molecule has 1 heterocycles. The molecule has 27 heavy (non-hydrogen) atoms. The van der Waals surface area contributed by atoms with Gasteiger partial charge < -0.3 is 25.0 Å². The highest BCUT2D eigenvalue weighted by Gasteiger charge is 2.20. The topological polar surface area (TPSA) is 58.1 Å². The molecule has 6 nitrogen and oxygen atoms in total. The third-order valence-electron chi connectivity index (χ3n) is 4.83. The van der Waals surface area contributed by atoms with Crippen LogP contribution < -0.4 is 10.6 Å². The SMILES string of the molecule is CCNC(=NCC(OC)c1ccc(F)cc1)NC1CCN(CCOC)CC1. The zero-order valence-electron chi connectivity index (χ0n) is 16.7. The van der Waals surface area contributed by atoms with E-state index in [1.54, 1.807) is 26.4 Å². The Balaban J connectivity index is 1.88. The Morgan fingerprint density at radius 2 is 1.96 bits per heavy atom. The summed E-state index contributed by atoms with van der Waals surface area (Å²) >= 11 is 0. The van der Waals surface area contributed by atoms with Crippen LogP contribution in [0.1, 0.15) is 31.4 Å². The second-order valence-corrected chi connectivity index (χ2v) is 6.75. The molecule has 0 spiro atoms. The van der Waals surface area contributed by atoms with E-state index in [1.165, 1.54) is 12.1 Å². The minimum absolute atomic E-state index is 0.197. The van der Waals surface area contributed by atoms with Crippen LogP contribution >= 0.6 is 0 Å². The summed E-state index contributed by atoms with van der Waals surface area (Å²) in [6, 6.07) is 6.80. The van der Waals surface area contributed by atoms with Gasteiger partial charge in [0.25, 0.3) is 0 Å². The number of methoxy groups -OCH3 is 2. The Morgan fingerprint density at radius 1 is 1.26 bits per heavy atom. The van der Waals surface area contributed by atoms with Crippen molar-refractivity contribution in [3.05, 3.63) is 35.6 Å². The average molecular weight is 381 g/mol. The molecule has 0 amide bonds. The van der Waals surface area contributed by atoms with E-state index in [-0.39, 0.29) is 11.9 Å². The van der Waals surface area contributed by atoms with Crippen LogP contribution in [0.3, 0.4) is 0 Å². The van der Waals surface area contributed by atoms with Crippen LogP contribution in [0.2, 0.25) is 0 Å². The van der Waals surface area contributed by atoms with Gasteiger partial charge in [0.1, 0.15) is 11.9 Å². The number of likely N-dealkylation sites (tertiary alicyclic amines) is 1. The number of piperidine rings is 1. The maximum absolute atomic E-state index is 13.1. The smallest absolute Gasteiger partial charge is 0.191 e. The van der Waals surface area contributed by atoms with Crippen LogP contribution in [-0.4, -0.2) is 70.5 Å². The standard InChI is InChI=1S/C20H33FN4O2/c1-4-22-20(24-18-9-11-25(12-10-18)13-14-26-2)23-15-19(27-3)16-5-7-17(21)8-6-16/h5-8,18-19H,4,9-15H2,1-3H3,(H2,22,23,24). The minimum Gasteiger partial charge on any atom is -0.383 e. The molecule has 2 rings (SSSR count). The fourth-order valence-electron chi connectivity index (χ4n) is 3.20. The zero-order chi connectivity index (χ0) is 19.5. The van der Waals surface area contributed by atoms with E-state index in [0.717, 1.165) is 57.2 Å². The van der Waals surface area contributed by atoms with Crippen molar-refractivity contribution in [3.63, 3.8) is 0 Å². The van der Waals surface area contributed by atoms with Crippen LogP contribution in [0.5, 0.6) is 0 Å². The molecule has 1 aliphatic heterocycles. The number of aliphatic imine (C=N–C) groups is 1. The highest BCUT2D eigenvalue weighted by Crippen LogP contribution is 2.17. The van der Waals surface area contributed by atoms with Gasteiger partial charge in [0, 0.05) is 46.4 Å². The van der Waals surface area contributed by atoms with Gasteiger partial charge >= 0.3 is 0 Å². The first kappa shape index (κ1) is 21.6. The normalized spacial score (nSPS) is 17.7. The van der Waals surface area contributed by atoms with Crippen molar-refractivity contribution >= 4 is 5.96 Å². The fourth-order valence-corrected chi connectivity index (χ4v) is 3.20. The molecular formula is C20H33FN4O2. The molecule has 1 saturated heterocycles. The Bertz CT molecular complexity index is 560. The Labute approximate surface area is 162 Å². The van der Waals surface area contributed by atoms with Gasteiger partial charge in [0.05, 0.1) is 13.2 Å². The van der Waals surface area contributed by atoms with Crippen LogP contribution in [0, 0.1) is 5.82 Å². The number of rotatable bonds is 9. The summed E-state index contributed by atoms with van der Waals surface area (Å²) in [6.07, 6.45) is 1.97. The lowest BCUT2D eigenvalue weighted by Crippen LogP contribution is -2.49. The zero-order valence-corrected chi connectivity index (χ0v) is 16.7. The lowest BCUT2D eigenvalue weighted by molar-refractivity contribution is 0.110. The number of halogens is 1. The summed E-state index contributed by atoms with van der Waals surface area (Å²) < 4.78 is 23.8. The molecule has 1 fully saturated rings. The first-order chi connectivity index (χ1) is 13.2. The predicted octanol–water partition coefficient (Wildman–Crippen LogP) is 2.18. The van der Waals surface area contributed by atoms with Crippen LogP contribution in [-0.2, 0) is 9.47 Å². The molecule has 1 atom stereocenters. The Hall–Kier alpha value is -1.70. The van der Waals surface area contributed by atoms with Crippen molar-refractivity contribution < 1.29 is 13.9 Å². The fraction of sp³-hybridized carbons (Fsp3) is 0.650. The van der Waals surface area contributed by atoms with Gasteiger partial charge in [0.2, 0.25) is 0 Å². The van der Waals surface area contributed by atoms with E-state index < -0.39 is 0 Å². The molecule has 0 aliphatic carbocycles. The number of hydrogen-bond donors (Lipinski definition) is 2. The van der Waals surface area contributed by atoms with Gasteiger partial charge in [-0.1, -0.05) is 12.1 Å². The molecule has 0 radical (unpaired) electrons. The number of hydrogen-bond acceptors (Lipinski definition) is 4. The first-order valence-corrected chi connectivity index (χ1v) is 9.70. The molecule has 1 aromatic carbocycles. The summed E-state index contributed by atoms with van der Waals surface area (Å²) in [4.78, 5) is 7.12. The maximum atomic E-state index is 13.1. The van der Waals surface area contributed by atoms with Crippen molar-refractivity contribution in [2.75, 3.05) is 53.6 Å². The second-order valence-electron chi connectivity index (χ2n) is 6.75. The van der Waals surface area contributed by atoms with Gasteiger partial charge in [-0.2, -0.15) is 0 Å². The highest BCUT2D eigenvalue weighted by molar-refractivity contribution is 5.80. The molecule has 0 bridgehead atoms. The largest absolute Gasteiger partial charge is 0.383 e. The molecule has 0 aromatic heterocycles. The van der Waals surface area contributed by atoms with Crippen molar-refractivity contribution in [3.8, 4) is 0 Å². The molecular weight excluding hydrogens is 347 g/mol. The lowest BCUT2D eigenvalue weighted by Gasteiger charge is -2.33. The molecule has 7 heteroatoms. The number of nitrogens with zero attached hydrogens (tertiary/aromatic N) is 2. The monoisotopic (exact) mass is 380 g/mol. The Kier molecular flexibility index (Phi) is 9.52. The number of ether oxygens (including phenoxy) is 2. The summed E-state index contributed by atoms with van der Waals surface area (Å²) in [7, 11) is 3.40. The molecule has 0 saturated carbocycles. The average Bonchev–Trinajstić information content (AvgIpc) is 2.69. The van der Waals surface area contributed by atoms with Gasteiger partial charge in [-0.05, 0) is 37.5 Å². The number of guanidine groups is 1. The van der Waals surface area contributed by atoms with Crippen molar-refractivity contribution in [2.45, 2.75) is 31.9 Å². The highest BCUT2D eigenvalue weighted by atomic mass is 19.1. The third kappa shape index (κ3) is 7.44. The molecule has 2 N–H and O–H groups in total. The number of benzene rings is 1. The lowest BCUT2D eigenvalue weighted by atomic mass is 10.1. The molecule has 1 aliphatic rings. The van der Waals surface area contributed by atoms with Crippen molar-refractivity contribution in [1.29, 1.82) is 0 Å². The summed E-state index contributed by atoms with van der Waals surface area (Å²) in [5.41, 5.74) is 0.921. The van der Waals surface area contributed by atoms with Crippen LogP contribution in [0.4, 0.5) is 4.39 Å². The van der Waals surface area contributed by atoms with E-state index in [9.17, 15) is 4.39 Å². The van der Waals surface area contributed by atoms with Gasteiger partial charge in [-0.25, -0.2) is 4.39 Å². The van der Waals surface area contributed by atoms with Gasteiger partial charge in [0.15, 0.2) is 5.96 Å². The van der Waals surface area contributed by atoms with Crippen LogP contribution in [0.25, 0.3) is 0 Å².